The Morgan fingerprint density at radius 2 is 0.588 bits per heavy atom. The number of hydrogen-bond acceptors (Lipinski definition) is 21. The van der Waals surface area contributed by atoms with Crippen LogP contribution in [-0.4, -0.2) is 131 Å². The first-order valence-corrected chi connectivity index (χ1v) is 38.4. The van der Waals surface area contributed by atoms with Gasteiger partial charge in [0.2, 0.25) is 6.29 Å². The van der Waals surface area contributed by atoms with Crippen molar-refractivity contribution in [2.75, 3.05) is 26.9 Å². The summed E-state index contributed by atoms with van der Waals surface area (Å²) in [6, 6.07) is 0. The number of rotatable bonds is 38. The molecule has 1 fully saturated rings. The average Bonchev–Trinajstić information content (AvgIpc) is 0.927. The van der Waals surface area contributed by atoms with Gasteiger partial charge in [0.25, 0.3) is 0 Å². The lowest BCUT2D eigenvalue weighted by Gasteiger charge is -2.28. The molecule has 0 aliphatic heterocycles. The van der Waals surface area contributed by atoms with Crippen LogP contribution >= 0.6 is 0 Å². The van der Waals surface area contributed by atoms with Crippen molar-refractivity contribution in [1.29, 1.82) is 0 Å². The lowest BCUT2D eigenvalue weighted by Crippen LogP contribution is -2.34. The molecule has 7 unspecified atom stereocenters. The third-order valence-corrected chi connectivity index (χ3v) is 17.6. The molecule has 102 heavy (non-hydrogen) atoms. The Balaban J connectivity index is -0.000000264. The van der Waals surface area contributed by atoms with Crippen LogP contribution in [0.5, 0.6) is 0 Å². The zero-order chi connectivity index (χ0) is 81.3. The van der Waals surface area contributed by atoms with Gasteiger partial charge < -0.3 is 66.3 Å². The number of ether oxygens (including phenoxy) is 14. The van der Waals surface area contributed by atoms with Crippen molar-refractivity contribution in [1.82, 2.24) is 0 Å². The monoisotopic (exact) mass is 1470 g/mol. The number of unbranched alkanes of at least 4 members (excludes halogenated alkanes) is 3. The van der Waals surface area contributed by atoms with Crippen molar-refractivity contribution in [2.24, 2.45) is 37.9 Å². The van der Waals surface area contributed by atoms with E-state index in [0.717, 1.165) is 83.5 Å². The van der Waals surface area contributed by atoms with Gasteiger partial charge in [-0.25, -0.2) is 0 Å². The maximum Gasteiger partial charge on any atom is 0.313 e. The fourth-order valence-electron chi connectivity index (χ4n) is 7.00. The number of esters is 7. The SMILES string of the molecule is CCC(C)(C)C(=O)OC(C)OC.CCC(C)(C)C(=O)OC(C)OC(C)(C)C.CCC(C)(C)C(=O)OC(C)OC(C)C.CCC(C)(C)C(=O)OC(C)OC1CCCCC1.CCCCCOC(C)OC(=O)C(C)(C)CC.CCCCOC(C)OC(=O)C(C)(C)CC.CCOC(C)OC(=O)C(C)(C)CC. The molecule has 1 saturated carbocycles. The highest BCUT2D eigenvalue weighted by Gasteiger charge is 2.35. The van der Waals surface area contributed by atoms with E-state index in [4.69, 9.17) is 66.3 Å². The highest BCUT2D eigenvalue weighted by molar-refractivity contribution is 5.78. The molecule has 1 aliphatic carbocycles. The quantitative estimate of drug-likeness (QED) is 0.0241. The predicted molar refractivity (Wildman–Crippen MR) is 407 cm³/mol. The second kappa shape index (κ2) is 56.3. The van der Waals surface area contributed by atoms with Gasteiger partial charge in [0.05, 0.1) is 68.9 Å². The van der Waals surface area contributed by atoms with Crippen LogP contribution in [0.2, 0.25) is 0 Å². The van der Waals surface area contributed by atoms with Crippen LogP contribution < -0.4 is 0 Å². The summed E-state index contributed by atoms with van der Waals surface area (Å²) in [6.07, 6.45) is 14.0. The van der Waals surface area contributed by atoms with Crippen LogP contribution in [0.4, 0.5) is 0 Å². The fourth-order valence-corrected chi connectivity index (χ4v) is 7.00. The second-order valence-corrected chi connectivity index (χ2v) is 31.8. The van der Waals surface area contributed by atoms with Crippen molar-refractivity contribution in [3.63, 3.8) is 0 Å². The first-order valence-electron chi connectivity index (χ1n) is 38.4. The molecular formula is C81H160O21. The normalized spacial score (nSPS) is 15.0. The molecule has 21 nitrogen and oxygen atoms in total. The van der Waals surface area contributed by atoms with Crippen molar-refractivity contribution in [2.45, 2.75) is 420 Å². The molecule has 0 saturated heterocycles. The Bertz CT molecular complexity index is 2190. The average molecular weight is 1470 g/mol. The highest BCUT2D eigenvalue weighted by atomic mass is 16.7. The van der Waals surface area contributed by atoms with Gasteiger partial charge in [-0.3, -0.25) is 33.6 Å². The summed E-state index contributed by atoms with van der Waals surface area (Å²) in [4.78, 5) is 81.3. The van der Waals surface area contributed by atoms with E-state index in [0.29, 0.717) is 19.8 Å². The Kier molecular flexibility index (Phi) is 60.2. The molecule has 0 aromatic heterocycles. The van der Waals surface area contributed by atoms with Gasteiger partial charge in [0.1, 0.15) is 0 Å². The Morgan fingerprint density at radius 1 is 0.324 bits per heavy atom. The Morgan fingerprint density at radius 3 is 0.853 bits per heavy atom. The summed E-state index contributed by atoms with van der Waals surface area (Å²) in [7, 11) is 1.51. The van der Waals surface area contributed by atoms with Crippen LogP contribution in [-0.2, 0) is 99.9 Å². The van der Waals surface area contributed by atoms with Gasteiger partial charge >= 0.3 is 41.8 Å². The summed E-state index contributed by atoms with van der Waals surface area (Å²) < 4.78 is 73.5. The summed E-state index contributed by atoms with van der Waals surface area (Å²) >= 11 is 0. The molecule has 1 rings (SSSR count). The number of methoxy groups -OCH3 is 1. The van der Waals surface area contributed by atoms with Crippen LogP contribution in [0.1, 0.15) is 358 Å². The van der Waals surface area contributed by atoms with Gasteiger partial charge in [-0.05, 0) is 258 Å². The molecule has 7 atom stereocenters. The lowest BCUT2D eigenvalue weighted by molar-refractivity contribution is -0.205. The van der Waals surface area contributed by atoms with Crippen molar-refractivity contribution in [3.05, 3.63) is 0 Å². The summed E-state index contributed by atoms with van der Waals surface area (Å²) in [5, 5.41) is 0. The standard InChI is InChI=1S/C14H26O3.C13H26O3.2C12H24O3.C11H22O3.C10H20O3.C9H18O3/c1-5-14(3,4)13(15)17-11(2)16-12-9-7-6-8-10-12;1-6-8-9-10-15-11(3)16-12(14)13(4,5)7-2;1-8-12(6,7)10(13)14-9(2)15-11(3,4)5;1-6-8-9-14-10(3)15-11(13)12(4,5)7-2;1-7-11(5,6)10(12)14-9(4)13-8(2)3;1-6-10(4,5)9(11)13-8(3)12-7-2;1-6-9(3,4)8(10)12-7(2)11-5/h11-12H,5-10H2,1-4H3;11H,6-10H2,1-5H3;9H,8H2,1-7H3;10H,6-9H2,1-5H3;8-9H,7H2,1-6H3;8H,6-7H2,1-5H3;7H,6H2,1-5H3. The predicted octanol–water partition coefficient (Wildman–Crippen LogP) is 20.5. The summed E-state index contributed by atoms with van der Waals surface area (Å²) in [6.45, 7) is 70.0. The molecule has 0 N–H and O–H groups in total. The van der Waals surface area contributed by atoms with Crippen molar-refractivity contribution < 1.29 is 99.9 Å². The highest BCUT2D eigenvalue weighted by Crippen LogP contribution is 2.29. The van der Waals surface area contributed by atoms with E-state index in [1.54, 1.807) is 41.5 Å². The molecular weight excluding hydrogens is 1310 g/mol. The van der Waals surface area contributed by atoms with Crippen LogP contribution in [0.3, 0.4) is 0 Å². The number of hydrogen-bond donors (Lipinski definition) is 0. The van der Waals surface area contributed by atoms with E-state index < -0.39 is 81.9 Å². The van der Waals surface area contributed by atoms with Gasteiger partial charge in [0, 0.05) is 13.7 Å². The lowest BCUT2D eigenvalue weighted by atomic mass is 9.91. The maximum absolute atomic E-state index is 11.8. The fraction of sp³-hybridized carbons (Fsp3) is 0.914. The zero-order valence-corrected chi connectivity index (χ0v) is 72.4. The van der Waals surface area contributed by atoms with Crippen LogP contribution in [0.25, 0.3) is 0 Å². The van der Waals surface area contributed by atoms with Crippen molar-refractivity contribution >= 4 is 41.8 Å². The molecule has 0 spiro atoms. The number of carbonyl (C=O) groups is 7. The van der Waals surface area contributed by atoms with E-state index in [1.807, 2.05) is 194 Å². The van der Waals surface area contributed by atoms with E-state index in [-0.39, 0.29) is 59.6 Å². The molecule has 610 valence electrons. The smallest absolute Gasteiger partial charge is 0.313 e. The molecule has 0 heterocycles. The molecule has 0 aromatic carbocycles. The Labute approximate surface area is 624 Å². The van der Waals surface area contributed by atoms with Gasteiger partial charge in [-0.1, -0.05) is 101 Å². The Hall–Kier alpha value is -3.99. The van der Waals surface area contributed by atoms with Crippen LogP contribution in [0.15, 0.2) is 0 Å². The molecule has 0 amide bonds. The molecule has 0 aromatic rings. The topological polar surface area (TPSA) is 249 Å². The maximum atomic E-state index is 11.8. The van der Waals surface area contributed by atoms with E-state index >= 15 is 0 Å². The minimum atomic E-state index is -0.497. The minimum absolute atomic E-state index is 0.0718. The minimum Gasteiger partial charge on any atom is -0.436 e. The third-order valence-electron chi connectivity index (χ3n) is 17.6. The van der Waals surface area contributed by atoms with E-state index in [2.05, 4.69) is 13.8 Å². The number of carbonyl (C=O) groups excluding carboxylic acids is 7. The first-order chi connectivity index (χ1) is 46.6. The molecule has 1 aliphatic rings. The third kappa shape index (κ3) is 56.4. The molecule has 0 radical (unpaired) electrons. The van der Waals surface area contributed by atoms with Gasteiger partial charge in [-0.2, -0.15) is 0 Å². The van der Waals surface area contributed by atoms with Gasteiger partial charge in [0.15, 0.2) is 37.7 Å². The van der Waals surface area contributed by atoms with Gasteiger partial charge in [-0.15, -0.1) is 0 Å². The molecule has 21 heteroatoms. The summed E-state index contributed by atoms with van der Waals surface area (Å²) in [5.74, 6) is -1.35. The summed E-state index contributed by atoms with van der Waals surface area (Å²) in [5.41, 5.74) is -3.22. The zero-order valence-electron chi connectivity index (χ0n) is 72.4. The largest absolute Gasteiger partial charge is 0.436 e. The van der Waals surface area contributed by atoms with Crippen LogP contribution in [0, 0.1) is 37.9 Å². The first kappa shape index (κ1) is 109. The van der Waals surface area contributed by atoms with E-state index in [1.165, 1.54) is 32.8 Å². The van der Waals surface area contributed by atoms with Crippen molar-refractivity contribution in [3.8, 4) is 0 Å². The second-order valence-electron chi connectivity index (χ2n) is 31.8. The van der Waals surface area contributed by atoms with E-state index in [9.17, 15) is 33.6 Å². The molecule has 0 bridgehead atoms.